The van der Waals surface area contributed by atoms with Crippen molar-refractivity contribution < 1.29 is 21.7 Å². The van der Waals surface area contributed by atoms with Crippen molar-refractivity contribution in [3.05, 3.63) is 108 Å². The fourth-order valence-electron chi connectivity index (χ4n) is 2.90. The third-order valence-electron chi connectivity index (χ3n) is 4.24. The van der Waals surface area contributed by atoms with E-state index in [0.29, 0.717) is 0 Å². The molecule has 0 saturated carbocycles. The molecular formula is C24H22Ti. The number of hydrogen-bond donors (Lipinski definition) is 0. The van der Waals surface area contributed by atoms with Crippen molar-refractivity contribution in [1.29, 1.82) is 0 Å². The quantitative estimate of drug-likeness (QED) is 0.274. The van der Waals surface area contributed by atoms with Gasteiger partial charge in [0.05, 0.1) is 0 Å². The second kappa shape index (κ2) is 9.37. The van der Waals surface area contributed by atoms with E-state index in [4.69, 9.17) is 0 Å². The number of aryl methyl sites for hydroxylation is 2. The molecular weight excluding hydrogens is 336 g/mol. The summed E-state index contributed by atoms with van der Waals surface area (Å²) in [6.07, 6.45) is 0. The Hall–Kier alpha value is -2.15. The van der Waals surface area contributed by atoms with Gasteiger partial charge in [-0.25, -0.2) is 0 Å². The van der Waals surface area contributed by atoms with Gasteiger partial charge >= 0.3 is 21.7 Å². The molecule has 0 atom stereocenters. The second-order valence-corrected chi connectivity index (χ2v) is 5.98. The minimum atomic E-state index is 0. The van der Waals surface area contributed by atoms with Crippen LogP contribution in [0.4, 0.5) is 0 Å². The minimum absolute atomic E-state index is 0. The van der Waals surface area contributed by atoms with E-state index in [1.807, 2.05) is 0 Å². The Balaban J connectivity index is 0.000000173. The molecule has 0 amide bonds. The van der Waals surface area contributed by atoms with Crippen molar-refractivity contribution in [2.24, 2.45) is 0 Å². The topological polar surface area (TPSA) is 0 Å². The van der Waals surface area contributed by atoms with Crippen LogP contribution in [0.1, 0.15) is 11.1 Å². The Kier molecular flexibility index (Phi) is 7.19. The van der Waals surface area contributed by atoms with Gasteiger partial charge in [0.25, 0.3) is 0 Å². The molecule has 4 aromatic rings. The van der Waals surface area contributed by atoms with Gasteiger partial charge in [0.2, 0.25) is 0 Å². The average molecular weight is 358 g/mol. The van der Waals surface area contributed by atoms with Gasteiger partial charge in [0, 0.05) is 0 Å². The Morgan fingerprint density at radius 1 is 0.480 bits per heavy atom. The van der Waals surface area contributed by atoms with Gasteiger partial charge in [0.1, 0.15) is 0 Å². The molecule has 4 rings (SSSR count). The van der Waals surface area contributed by atoms with E-state index in [0.717, 1.165) is 0 Å². The monoisotopic (exact) mass is 358 g/mol. The maximum Gasteiger partial charge on any atom is 2.00 e. The van der Waals surface area contributed by atoms with E-state index in [1.54, 1.807) is 0 Å². The second-order valence-electron chi connectivity index (χ2n) is 5.98. The molecule has 25 heavy (non-hydrogen) atoms. The van der Waals surface area contributed by atoms with Crippen LogP contribution in [0.15, 0.2) is 97.1 Å². The van der Waals surface area contributed by atoms with Crippen molar-refractivity contribution in [1.82, 2.24) is 0 Å². The SMILES string of the molecule is Cc1ccccc1-[c-]1cccc1.Cc1ccccc1-[c-]1cccc1.[Ti+2]. The molecule has 0 aliphatic carbocycles. The normalized spacial score (nSPS) is 9.68. The Morgan fingerprint density at radius 3 is 1.12 bits per heavy atom. The van der Waals surface area contributed by atoms with Crippen LogP contribution in [-0.4, -0.2) is 0 Å². The predicted molar refractivity (Wildman–Crippen MR) is 104 cm³/mol. The molecule has 0 nitrogen and oxygen atoms in total. The average Bonchev–Trinajstić information content (AvgIpc) is 3.30. The first-order valence-electron chi connectivity index (χ1n) is 8.31. The zero-order valence-electron chi connectivity index (χ0n) is 14.7. The van der Waals surface area contributed by atoms with Gasteiger partial charge in [-0.1, -0.05) is 61.4 Å². The maximum absolute atomic E-state index is 2.16. The van der Waals surface area contributed by atoms with E-state index in [-0.39, 0.29) is 21.7 Å². The van der Waals surface area contributed by atoms with E-state index < -0.39 is 0 Å². The smallest absolute Gasteiger partial charge is 0.152 e. The van der Waals surface area contributed by atoms with Gasteiger partial charge in [0.15, 0.2) is 0 Å². The number of benzene rings is 2. The summed E-state index contributed by atoms with van der Waals surface area (Å²) in [5.41, 5.74) is 7.97. The van der Waals surface area contributed by atoms with E-state index in [9.17, 15) is 0 Å². The molecule has 122 valence electrons. The van der Waals surface area contributed by atoms with Crippen LogP contribution in [-0.2, 0) is 21.7 Å². The summed E-state index contributed by atoms with van der Waals surface area (Å²) in [5.74, 6) is 0. The fraction of sp³-hybridized carbons (Fsp3) is 0.0833. The van der Waals surface area contributed by atoms with Crippen LogP contribution in [0.2, 0.25) is 0 Å². The van der Waals surface area contributed by atoms with E-state index in [2.05, 4.69) is 111 Å². The summed E-state index contributed by atoms with van der Waals surface area (Å²) < 4.78 is 0. The third kappa shape index (κ3) is 4.92. The van der Waals surface area contributed by atoms with Crippen LogP contribution in [0, 0.1) is 13.8 Å². The minimum Gasteiger partial charge on any atom is -0.152 e. The predicted octanol–water partition coefficient (Wildman–Crippen LogP) is 6.76. The van der Waals surface area contributed by atoms with Crippen LogP contribution in [0.3, 0.4) is 0 Å². The van der Waals surface area contributed by atoms with Crippen LogP contribution >= 0.6 is 0 Å². The van der Waals surface area contributed by atoms with Gasteiger partial charge in [-0.15, -0.1) is 58.7 Å². The standard InChI is InChI=1S/2C12H11.Ti/c2*1-10-6-2-5-9-12(10)11-7-3-4-8-11;/h2*2-9H,1H3;/q2*-1;+2. The summed E-state index contributed by atoms with van der Waals surface area (Å²) >= 11 is 0. The van der Waals surface area contributed by atoms with Crippen molar-refractivity contribution in [2.75, 3.05) is 0 Å². The zero-order valence-corrected chi connectivity index (χ0v) is 16.3. The van der Waals surface area contributed by atoms with Crippen molar-refractivity contribution in [3.8, 4) is 22.3 Å². The number of hydrogen-bond acceptors (Lipinski definition) is 0. The molecule has 0 spiro atoms. The molecule has 0 radical (unpaired) electrons. The molecule has 0 unspecified atom stereocenters. The molecule has 0 bridgehead atoms. The summed E-state index contributed by atoms with van der Waals surface area (Å²) in [6, 6.07) is 33.7. The number of rotatable bonds is 2. The largest absolute Gasteiger partial charge is 2.00 e. The molecule has 0 heterocycles. The van der Waals surface area contributed by atoms with Gasteiger partial charge in [-0.2, -0.15) is 24.3 Å². The first-order chi connectivity index (χ1) is 11.8. The van der Waals surface area contributed by atoms with E-state index >= 15 is 0 Å². The summed E-state index contributed by atoms with van der Waals surface area (Å²) in [5, 5.41) is 0. The van der Waals surface area contributed by atoms with Crippen molar-refractivity contribution in [2.45, 2.75) is 13.8 Å². The van der Waals surface area contributed by atoms with Crippen LogP contribution < -0.4 is 0 Å². The molecule has 0 aliphatic heterocycles. The molecule has 0 aliphatic rings. The van der Waals surface area contributed by atoms with E-state index in [1.165, 1.54) is 33.4 Å². The molecule has 4 aromatic carbocycles. The van der Waals surface area contributed by atoms with Crippen molar-refractivity contribution >= 4 is 0 Å². The molecule has 0 fully saturated rings. The van der Waals surface area contributed by atoms with Gasteiger partial charge in [-0.05, 0) is 0 Å². The zero-order chi connectivity index (χ0) is 16.8. The van der Waals surface area contributed by atoms with Crippen molar-refractivity contribution in [3.63, 3.8) is 0 Å². The van der Waals surface area contributed by atoms with Gasteiger partial charge in [-0.3, -0.25) is 0 Å². The summed E-state index contributed by atoms with van der Waals surface area (Å²) in [4.78, 5) is 0. The molecule has 0 saturated heterocycles. The Morgan fingerprint density at radius 2 is 0.800 bits per heavy atom. The molecule has 1 heteroatoms. The first kappa shape index (κ1) is 19.2. The third-order valence-corrected chi connectivity index (χ3v) is 4.24. The molecule has 0 aromatic heterocycles. The van der Waals surface area contributed by atoms with Crippen LogP contribution in [0.25, 0.3) is 22.3 Å². The Bertz CT molecular complexity index is 792. The summed E-state index contributed by atoms with van der Waals surface area (Å²) in [7, 11) is 0. The Labute approximate surface area is 165 Å². The van der Waals surface area contributed by atoms with Crippen LogP contribution in [0.5, 0.6) is 0 Å². The summed E-state index contributed by atoms with van der Waals surface area (Å²) in [6.45, 7) is 4.28. The maximum atomic E-state index is 2.16. The van der Waals surface area contributed by atoms with Gasteiger partial charge < -0.3 is 0 Å². The first-order valence-corrected chi connectivity index (χ1v) is 8.31. The fourth-order valence-corrected chi connectivity index (χ4v) is 2.90. The molecule has 0 N–H and O–H groups in total.